The molecule has 0 radical (unpaired) electrons. The Balaban J connectivity index is 1.89. The number of anilines is 1. The van der Waals surface area contributed by atoms with Gasteiger partial charge in [-0.05, 0) is 38.5 Å². The Bertz CT molecular complexity index is 1410. The lowest BCUT2D eigenvalue weighted by molar-refractivity contribution is -0.132. The molecule has 4 rings (SSSR count). The number of hydrogen-bond donors (Lipinski definition) is 1. The second kappa shape index (κ2) is 10.8. The van der Waals surface area contributed by atoms with Gasteiger partial charge in [0.2, 0.25) is 0 Å². The van der Waals surface area contributed by atoms with Crippen molar-refractivity contribution in [1.82, 2.24) is 4.98 Å². The smallest absolute Gasteiger partial charge is 0.350 e. The van der Waals surface area contributed by atoms with E-state index in [1.807, 2.05) is 13.8 Å². The summed E-state index contributed by atoms with van der Waals surface area (Å²) in [6.45, 7) is 9.36. The quantitative estimate of drug-likeness (QED) is 0.145. The molecule has 1 aliphatic heterocycles. The van der Waals surface area contributed by atoms with E-state index >= 15 is 0 Å². The fourth-order valence-electron chi connectivity index (χ4n) is 4.03. The molecule has 0 spiro atoms. The van der Waals surface area contributed by atoms with E-state index < -0.39 is 23.7 Å². The molecular weight excluding hydrogens is 492 g/mol. The summed E-state index contributed by atoms with van der Waals surface area (Å²) >= 11 is 0.943. The molecule has 1 fully saturated rings. The monoisotopic (exact) mass is 518 g/mol. The summed E-state index contributed by atoms with van der Waals surface area (Å²) in [4.78, 5) is 45.1. The van der Waals surface area contributed by atoms with Gasteiger partial charge >= 0.3 is 11.9 Å². The molecule has 1 saturated heterocycles. The van der Waals surface area contributed by atoms with Gasteiger partial charge in [0.25, 0.3) is 5.78 Å². The standard InChI is InChI=1S/C28H26N2O6S/c1-5-14-36-27(34)25-17(4)29-28(37-25)30-22(19-8-7-9-20(15-19)35-6-2)21(24(32)26(30)33)23(31)18-12-10-16(3)11-13-18/h5,7-13,15,22,31H,1,6,14H2,2-4H3. The summed E-state index contributed by atoms with van der Waals surface area (Å²) < 4.78 is 10.8. The van der Waals surface area contributed by atoms with Gasteiger partial charge in [0.05, 0.1) is 23.9 Å². The fraction of sp³-hybridized carbons (Fsp3) is 0.214. The van der Waals surface area contributed by atoms with Gasteiger partial charge in [-0.3, -0.25) is 14.5 Å². The summed E-state index contributed by atoms with van der Waals surface area (Å²) in [5.74, 6) is -2.07. The maximum Gasteiger partial charge on any atom is 0.350 e. The maximum absolute atomic E-state index is 13.4. The molecule has 1 aromatic heterocycles. The van der Waals surface area contributed by atoms with E-state index in [9.17, 15) is 19.5 Å². The zero-order chi connectivity index (χ0) is 26.7. The van der Waals surface area contributed by atoms with Crippen LogP contribution in [0.3, 0.4) is 0 Å². The van der Waals surface area contributed by atoms with Gasteiger partial charge in [-0.1, -0.05) is 66.0 Å². The lowest BCUT2D eigenvalue weighted by atomic mass is 9.95. The van der Waals surface area contributed by atoms with Crippen LogP contribution in [0.2, 0.25) is 0 Å². The lowest BCUT2D eigenvalue weighted by Crippen LogP contribution is -2.29. The van der Waals surface area contributed by atoms with Gasteiger partial charge in [-0.25, -0.2) is 9.78 Å². The molecule has 190 valence electrons. The van der Waals surface area contributed by atoms with Crippen LogP contribution in [0.5, 0.6) is 5.75 Å². The van der Waals surface area contributed by atoms with Crippen LogP contribution in [-0.4, -0.2) is 41.0 Å². The number of aliphatic hydroxyl groups is 1. The highest BCUT2D eigenvalue weighted by molar-refractivity contribution is 7.17. The number of thiazole rings is 1. The molecule has 3 aromatic rings. The lowest BCUT2D eigenvalue weighted by Gasteiger charge is -2.23. The zero-order valence-electron chi connectivity index (χ0n) is 20.7. The van der Waals surface area contributed by atoms with E-state index in [0.29, 0.717) is 29.2 Å². The van der Waals surface area contributed by atoms with Crippen LogP contribution in [0.1, 0.15) is 45.0 Å². The Labute approximate surface area is 218 Å². The molecule has 1 aliphatic rings. The zero-order valence-corrected chi connectivity index (χ0v) is 21.5. The van der Waals surface area contributed by atoms with Crippen LogP contribution < -0.4 is 9.64 Å². The Hall–Kier alpha value is -4.24. The Kier molecular flexibility index (Phi) is 7.54. The third-order valence-electron chi connectivity index (χ3n) is 5.76. The van der Waals surface area contributed by atoms with E-state index in [1.54, 1.807) is 55.5 Å². The van der Waals surface area contributed by atoms with Crippen molar-refractivity contribution in [2.24, 2.45) is 0 Å². The van der Waals surface area contributed by atoms with Crippen molar-refractivity contribution in [3.8, 4) is 5.75 Å². The van der Waals surface area contributed by atoms with Crippen LogP contribution in [-0.2, 0) is 14.3 Å². The molecule has 9 heteroatoms. The molecule has 2 aromatic carbocycles. The van der Waals surface area contributed by atoms with Crippen molar-refractivity contribution in [3.63, 3.8) is 0 Å². The summed E-state index contributed by atoms with van der Waals surface area (Å²) in [5, 5.41) is 11.4. The number of rotatable bonds is 8. The molecule has 8 nitrogen and oxygen atoms in total. The number of aryl methyl sites for hydroxylation is 2. The summed E-state index contributed by atoms with van der Waals surface area (Å²) in [6, 6.07) is 13.0. The Morgan fingerprint density at radius 2 is 1.92 bits per heavy atom. The van der Waals surface area contributed by atoms with Gasteiger partial charge in [-0.2, -0.15) is 0 Å². The highest BCUT2D eigenvalue weighted by Gasteiger charge is 2.48. The molecule has 1 atom stereocenters. The first kappa shape index (κ1) is 25.8. The van der Waals surface area contributed by atoms with Gasteiger partial charge in [0, 0.05) is 5.56 Å². The molecule has 37 heavy (non-hydrogen) atoms. The van der Waals surface area contributed by atoms with Gasteiger partial charge in [0.15, 0.2) is 5.13 Å². The van der Waals surface area contributed by atoms with Crippen LogP contribution in [0.25, 0.3) is 5.76 Å². The maximum atomic E-state index is 13.4. The minimum atomic E-state index is -0.996. The predicted molar refractivity (Wildman–Crippen MR) is 141 cm³/mol. The fourth-order valence-corrected chi connectivity index (χ4v) is 5.02. The number of carbonyl (C=O) groups excluding carboxylic acids is 3. The summed E-state index contributed by atoms with van der Waals surface area (Å²) in [6.07, 6.45) is 1.45. The molecule has 1 N–H and O–H groups in total. The number of nitrogens with zero attached hydrogens (tertiary/aromatic N) is 2. The van der Waals surface area contributed by atoms with Gasteiger partial charge in [0.1, 0.15) is 23.0 Å². The van der Waals surface area contributed by atoms with Crippen LogP contribution >= 0.6 is 11.3 Å². The van der Waals surface area contributed by atoms with Crippen LogP contribution in [0, 0.1) is 13.8 Å². The van der Waals surface area contributed by atoms with Crippen molar-refractivity contribution in [2.45, 2.75) is 26.8 Å². The SMILES string of the molecule is C=CCOC(=O)c1sc(N2C(=O)C(=O)C(=C(O)c3ccc(C)cc3)C2c2cccc(OCC)c2)nc1C. The van der Waals surface area contributed by atoms with E-state index in [-0.39, 0.29) is 27.9 Å². The molecule has 0 bridgehead atoms. The number of ether oxygens (including phenoxy) is 2. The van der Waals surface area contributed by atoms with Crippen LogP contribution in [0.4, 0.5) is 5.13 Å². The summed E-state index contributed by atoms with van der Waals surface area (Å²) in [5.41, 5.74) is 2.20. The first-order valence-corrected chi connectivity index (χ1v) is 12.4. The molecule has 0 aliphatic carbocycles. The number of benzene rings is 2. The van der Waals surface area contributed by atoms with Gasteiger partial charge in [-0.15, -0.1) is 0 Å². The molecule has 1 amide bonds. The topological polar surface area (TPSA) is 106 Å². The Morgan fingerprint density at radius 1 is 1.19 bits per heavy atom. The summed E-state index contributed by atoms with van der Waals surface area (Å²) in [7, 11) is 0. The number of carbonyl (C=O) groups is 3. The minimum Gasteiger partial charge on any atom is -0.507 e. The van der Waals surface area contributed by atoms with Crippen LogP contribution in [0.15, 0.2) is 66.8 Å². The number of ketones is 1. The first-order chi connectivity index (χ1) is 17.8. The highest BCUT2D eigenvalue weighted by atomic mass is 32.1. The number of hydrogen-bond acceptors (Lipinski definition) is 8. The second-order valence-electron chi connectivity index (χ2n) is 8.34. The molecule has 1 unspecified atom stereocenters. The molecular formula is C28H26N2O6S. The molecule has 0 saturated carbocycles. The van der Waals surface area contributed by atoms with Crippen molar-refractivity contribution in [3.05, 3.63) is 94.0 Å². The minimum absolute atomic E-state index is 0.0246. The second-order valence-corrected chi connectivity index (χ2v) is 9.32. The Morgan fingerprint density at radius 3 is 2.59 bits per heavy atom. The van der Waals surface area contributed by atoms with Crippen molar-refractivity contribution < 1.29 is 29.0 Å². The van der Waals surface area contributed by atoms with Crippen molar-refractivity contribution in [1.29, 1.82) is 0 Å². The number of aromatic nitrogens is 1. The first-order valence-electron chi connectivity index (χ1n) is 11.6. The number of amides is 1. The normalized spacial score (nSPS) is 16.6. The van der Waals surface area contributed by atoms with Crippen molar-refractivity contribution in [2.75, 3.05) is 18.1 Å². The van der Waals surface area contributed by atoms with E-state index in [4.69, 9.17) is 9.47 Å². The number of aliphatic hydroxyl groups excluding tert-OH is 1. The largest absolute Gasteiger partial charge is 0.507 e. The average Bonchev–Trinajstić information content (AvgIpc) is 3.39. The van der Waals surface area contributed by atoms with Gasteiger partial charge < -0.3 is 14.6 Å². The van der Waals surface area contributed by atoms with E-state index in [0.717, 1.165) is 16.9 Å². The predicted octanol–water partition coefficient (Wildman–Crippen LogP) is 5.13. The third-order valence-corrected chi connectivity index (χ3v) is 6.90. The van der Waals surface area contributed by atoms with E-state index in [2.05, 4.69) is 11.6 Å². The molecule has 2 heterocycles. The number of esters is 1. The number of Topliss-reactive ketones (excluding diaryl/α,β-unsaturated/α-hetero) is 1. The average molecular weight is 519 g/mol. The van der Waals surface area contributed by atoms with E-state index in [1.165, 1.54) is 11.0 Å². The highest BCUT2D eigenvalue weighted by Crippen LogP contribution is 2.44. The van der Waals surface area contributed by atoms with Crippen molar-refractivity contribution >= 4 is 39.9 Å². The third kappa shape index (κ3) is 5.03.